The smallest absolute Gasteiger partial charge is 0.334 e. The number of esters is 2. The van der Waals surface area contributed by atoms with E-state index in [2.05, 4.69) is 0 Å². The molecule has 1 aromatic rings. The van der Waals surface area contributed by atoms with Gasteiger partial charge >= 0.3 is 11.9 Å². The lowest BCUT2D eigenvalue weighted by molar-refractivity contribution is -0.174. The van der Waals surface area contributed by atoms with E-state index >= 15 is 0 Å². The quantitative estimate of drug-likeness (QED) is 0.818. The highest BCUT2D eigenvalue weighted by atomic mass is 16.6. The summed E-state index contributed by atoms with van der Waals surface area (Å²) in [5, 5.41) is 10.4. The van der Waals surface area contributed by atoms with Gasteiger partial charge < -0.3 is 19.0 Å². The van der Waals surface area contributed by atoms with Crippen LogP contribution >= 0.6 is 0 Å². The Labute approximate surface area is 151 Å². The van der Waals surface area contributed by atoms with Crippen LogP contribution in [0.15, 0.2) is 34.7 Å². The van der Waals surface area contributed by atoms with Crippen LogP contribution in [-0.4, -0.2) is 29.8 Å². The van der Waals surface area contributed by atoms with Gasteiger partial charge in [0.1, 0.15) is 12.2 Å². The average Bonchev–Trinajstić information content (AvgIpc) is 3.33. The van der Waals surface area contributed by atoms with Crippen LogP contribution in [0.4, 0.5) is 0 Å². The third kappa shape index (κ3) is 1.71. The monoisotopic (exact) mass is 358 g/mol. The highest BCUT2D eigenvalue weighted by Crippen LogP contribution is 2.68. The zero-order valence-electron chi connectivity index (χ0n) is 14.6. The maximum Gasteiger partial charge on any atom is 0.334 e. The molecule has 3 heterocycles. The van der Waals surface area contributed by atoms with Crippen LogP contribution in [0, 0.1) is 22.7 Å². The predicted octanol–water partition coefficient (Wildman–Crippen LogP) is 2.53. The standard InChI is InChI=1S/C20H22O6/c1-11-7-16-20(10-21)13(17(22)26-16)3-2-4-15(20)19(11)8-14(25-18(19)23)12-5-6-24-9-12/h3,5-6,9,11,14-16,21H,2,4,7-8,10H2,1H3. The van der Waals surface area contributed by atoms with Gasteiger partial charge in [-0.2, -0.15) is 0 Å². The molecule has 4 aliphatic rings. The first-order chi connectivity index (χ1) is 12.5. The number of aliphatic hydroxyl groups excluding tert-OH is 1. The van der Waals surface area contributed by atoms with E-state index in [1.165, 1.54) is 0 Å². The van der Waals surface area contributed by atoms with Crippen molar-refractivity contribution in [3.63, 3.8) is 0 Å². The second-order valence-corrected chi connectivity index (χ2v) is 8.17. The lowest BCUT2D eigenvalue weighted by Crippen LogP contribution is -2.60. The highest BCUT2D eigenvalue weighted by Gasteiger charge is 2.72. The van der Waals surface area contributed by atoms with Crippen molar-refractivity contribution >= 4 is 11.9 Å². The van der Waals surface area contributed by atoms with Gasteiger partial charge in [0.25, 0.3) is 0 Å². The van der Waals surface area contributed by atoms with E-state index in [1.54, 1.807) is 12.5 Å². The Kier molecular flexibility index (Phi) is 3.24. The van der Waals surface area contributed by atoms with Crippen molar-refractivity contribution in [1.82, 2.24) is 0 Å². The number of carbonyl (C=O) groups is 2. The molecule has 3 fully saturated rings. The Morgan fingerprint density at radius 2 is 2.15 bits per heavy atom. The Hall–Kier alpha value is -2.08. The van der Waals surface area contributed by atoms with Crippen molar-refractivity contribution in [1.29, 1.82) is 0 Å². The molecule has 1 N–H and O–H groups in total. The van der Waals surface area contributed by atoms with Crippen LogP contribution in [-0.2, 0) is 19.1 Å². The summed E-state index contributed by atoms with van der Waals surface area (Å²) in [7, 11) is 0. The minimum atomic E-state index is -0.786. The Balaban J connectivity index is 1.63. The largest absolute Gasteiger partial charge is 0.472 e. The van der Waals surface area contributed by atoms with Gasteiger partial charge in [-0.1, -0.05) is 13.0 Å². The van der Waals surface area contributed by atoms with Gasteiger partial charge in [-0.25, -0.2) is 4.79 Å². The summed E-state index contributed by atoms with van der Waals surface area (Å²) in [6.07, 6.45) is 6.95. The highest BCUT2D eigenvalue weighted by molar-refractivity contribution is 5.94. The summed E-state index contributed by atoms with van der Waals surface area (Å²) in [4.78, 5) is 25.6. The van der Waals surface area contributed by atoms with E-state index in [1.807, 2.05) is 19.1 Å². The van der Waals surface area contributed by atoms with Gasteiger partial charge in [0, 0.05) is 17.6 Å². The molecule has 2 saturated heterocycles. The number of carbonyl (C=O) groups excluding carboxylic acids is 2. The third-order valence-corrected chi connectivity index (χ3v) is 7.37. The molecule has 6 nitrogen and oxygen atoms in total. The molecule has 6 heteroatoms. The van der Waals surface area contributed by atoms with E-state index < -0.39 is 10.8 Å². The molecule has 0 radical (unpaired) electrons. The summed E-state index contributed by atoms with van der Waals surface area (Å²) in [6.45, 7) is 1.86. The number of ether oxygens (including phenoxy) is 2. The number of furan rings is 1. The van der Waals surface area contributed by atoms with Gasteiger partial charge in [0.2, 0.25) is 0 Å². The Morgan fingerprint density at radius 1 is 1.31 bits per heavy atom. The fourth-order valence-electron chi connectivity index (χ4n) is 6.15. The molecule has 138 valence electrons. The second kappa shape index (κ2) is 5.22. The molecule has 1 aromatic heterocycles. The first kappa shape index (κ1) is 16.1. The van der Waals surface area contributed by atoms with Gasteiger partial charge in [-0.3, -0.25) is 4.79 Å². The van der Waals surface area contributed by atoms with Crippen LogP contribution < -0.4 is 0 Å². The molecule has 2 aliphatic heterocycles. The second-order valence-electron chi connectivity index (χ2n) is 8.17. The van der Waals surface area contributed by atoms with Crippen molar-refractivity contribution in [2.24, 2.45) is 22.7 Å². The lowest BCUT2D eigenvalue weighted by Gasteiger charge is -2.55. The van der Waals surface area contributed by atoms with Crippen LogP contribution in [0.5, 0.6) is 0 Å². The van der Waals surface area contributed by atoms with Crippen molar-refractivity contribution in [2.75, 3.05) is 6.61 Å². The molecule has 0 amide bonds. The van der Waals surface area contributed by atoms with Gasteiger partial charge in [-0.05, 0) is 37.2 Å². The number of aliphatic hydroxyl groups is 1. The van der Waals surface area contributed by atoms with E-state index in [0.717, 1.165) is 12.0 Å². The van der Waals surface area contributed by atoms with E-state index in [9.17, 15) is 14.7 Å². The summed E-state index contributed by atoms with van der Waals surface area (Å²) >= 11 is 0. The topological polar surface area (TPSA) is 86.0 Å². The van der Waals surface area contributed by atoms with Gasteiger partial charge in [0.15, 0.2) is 0 Å². The molecule has 0 aromatic carbocycles. The molecule has 5 rings (SSSR count). The van der Waals surface area contributed by atoms with Gasteiger partial charge in [-0.15, -0.1) is 0 Å². The summed E-state index contributed by atoms with van der Waals surface area (Å²) in [6, 6.07) is 1.82. The molecule has 6 atom stereocenters. The minimum absolute atomic E-state index is 0.00632. The number of cyclic esters (lactones) is 1. The van der Waals surface area contributed by atoms with Crippen molar-refractivity contribution < 1.29 is 28.6 Å². The van der Waals surface area contributed by atoms with Crippen LogP contribution in [0.3, 0.4) is 0 Å². The average molecular weight is 358 g/mol. The van der Waals surface area contributed by atoms with E-state index in [0.29, 0.717) is 24.8 Å². The van der Waals surface area contributed by atoms with Gasteiger partial charge in [0.05, 0.1) is 30.0 Å². The fourth-order valence-corrected chi connectivity index (χ4v) is 6.15. The number of rotatable bonds is 2. The van der Waals surface area contributed by atoms with E-state index in [-0.39, 0.29) is 42.6 Å². The molecule has 0 bridgehead atoms. The van der Waals surface area contributed by atoms with E-state index in [4.69, 9.17) is 13.9 Å². The Bertz CT molecular complexity index is 795. The zero-order chi connectivity index (χ0) is 18.1. The Morgan fingerprint density at radius 3 is 2.88 bits per heavy atom. The SMILES string of the molecule is CC1CC2OC(=O)C3=CCCC(C14CC(c1ccoc1)OC4=O)C32CO. The summed E-state index contributed by atoms with van der Waals surface area (Å²) in [5.41, 5.74) is -0.0825. The summed E-state index contributed by atoms with van der Waals surface area (Å²) < 4.78 is 16.6. The predicted molar refractivity (Wildman–Crippen MR) is 88.6 cm³/mol. The minimum Gasteiger partial charge on any atom is -0.472 e. The third-order valence-electron chi connectivity index (χ3n) is 7.37. The first-order valence-electron chi connectivity index (χ1n) is 9.29. The zero-order valence-corrected chi connectivity index (χ0v) is 14.6. The molecule has 2 aliphatic carbocycles. The molecular formula is C20H22O6. The normalized spacial score (nSPS) is 43.8. The summed E-state index contributed by atoms with van der Waals surface area (Å²) in [5.74, 6) is -0.708. The molecule has 1 saturated carbocycles. The first-order valence-corrected chi connectivity index (χ1v) is 9.29. The fraction of sp³-hybridized carbons (Fsp3) is 0.600. The molecule has 6 unspecified atom stereocenters. The number of allylic oxidation sites excluding steroid dienone is 1. The van der Waals surface area contributed by atoms with Crippen LogP contribution in [0.25, 0.3) is 0 Å². The number of hydrogen-bond donors (Lipinski definition) is 1. The number of fused-ring (bicyclic) bond motifs is 1. The van der Waals surface area contributed by atoms with Crippen molar-refractivity contribution in [3.8, 4) is 0 Å². The maximum absolute atomic E-state index is 13.2. The molecular weight excluding hydrogens is 336 g/mol. The molecule has 1 spiro atoms. The molecule has 26 heavy (non-hydrogen) atoms. The maximum atomic E-state index is 13.2. The van der Waals surface area contributed by atoms with Crippen LogP contribution in [0.1, 0.15) is 44.3 Å². The van der Waals surface area contributed by atoms with Crippen LogP contribution in [0.2, 0.25) is 0 Å². The number of hydrogen-bond acceptors (Lipinski definition) is 6. The lowest BCUT2D eigenvalue weighted by atomic mass is 9.45. The van der Waals surface area contributed by atoms with Crippen molar-refractivity contribution in [3.05, 3.63) is 35.8 Å². The van der Waals surface area contributed by atoms with Crippen molar-refractivity contribution in [2.45, 2.75) is 44.8 Å².